The van der Waals surface area contributed by atoms with Crippen LogP contribution in [0.1, 0.15) is 61.4 Å². The van der Waals surface area contributed by atoms with E-state index in [9.17, 15) is 8.78 Å². The summed E-state index contributed by atoms with van der Waals surface area (Å²) in [6.07, 6.45) is 9.61. The molecule has 7 aromatic carbocycles. The number of benzene rings is 7. The highest BCUT2D eigenvalue weighted by molar-refractivity contribution is 5.95. The minimum absolute atomic E-state index is 0.0695. The molecule has 3 atom stereocenters. The second-order valence-electron chi connectivity index (χ2n) is 17.3. The van der Waals surface area contributed by atoms with Crippen molar-refractivity contribution < 1.29 is 17.6 Å². The Balaban J connectivity index is 1.34. The summed E-state index contributed by atoms with van der Waals surface area (Å²) < 4.78 is 60.3. The Morgan fingerprint density at radius 2 is 1.25 bits per heavy atom. The Morgan fingerprint density at radius 3 is 1.93 bits per heavy atom. The molecule has 1 nitrogen and oxygen atoms in total. The van der Waals surface area contributed by atoms with Gasteiger partial charge in [0.2, 0.25) is 0 Å². The van der Waals surface area contributed by atoms with Gasteiger partial charge in [0, 0.05) is 41.4 Å². The molecule has 3 unspecified atom stereocenters. The first-order valence-corrected chi connectivity index (χ1v) is 21.0. The van der Waals surface area contributed by atoms with Crippen LogP contribution in [-0.4, -0.2) is 7.05 Å². The molecule has 1 aliphatic heterocycles. The molecule has 7 aromatic rings. The first-order valence-electron chi connectivity index (χ1n) is 21.0. The number of anilines is 1. The van der Waals surface area contributed by atoms with Gasteiger partial charge < -0.3 is 4.90 Å². The lowest BCUT2D eigenvalue weighted by atomic mass is 9.65. The van der Waals surface area contributed by atoms with Gasteiger partial charge in [-0.2, -0.15) is 0 Å². The van der Waals surface area contributed by atoms with Crippen LogP contribution < -0.4 is 4.90 Å². The fourth-order valence-corrected chi connectivity index (χ4v) is 9.88. The van der Waals surface area contributed by atoms with Gasteiger partial charge in [-0.1, -0.05) is 155 Å². The Morgan fingerprint density at radius 1 is 0.633 bits per heavy atom. The lowest BCUT2D eigenvalue weighted by molar-refractivity contribution is 0.307. The maximum atomic E-state index is 15.9. The van der Waals surface area contributed by atoms with E-state index in [0.29, 0.717) is 36.3 Å². The molecule has 0 fully saturated rings. The van der Waals surface area contributed by atoms with Crippen molar-refractivity contribution in [2.75, 3.05) is 11.9 Å². The smallest absolute Gasteiger partial charge is 0.129 e. The van der Waals surface area contributed by atoms with Gasteiger partial charge in [0.25, 0.3) is 0 Å². The summed E-state index contributed by atoms with van der Waals surface area (Å²) in [7, 11) is 2.08. The van der Waals surface area contributed by atoms with Crippen molar-refractivity contribution in [3.8, 4) is 0 Å². The molecule has 0 amide bonds. The summed E-state index contributed by atoms with van der Waals surface area (Å²) in [5.41, 5.74) is 4.90. The zero-order valence-electron chi connectivity index (χ0n) is 34.7. The predicted molar refractivity (Wildman–Crippen MR) is 240 cm³/mol. The number of allylic oxidation sites excluding steroid dienone is 4. The molecule has 0 saturated heterocycles. The summed E-state index contributed by atoms with van der Waals surface area (Å²) >= 11 is 0. The van der Waals surface area contributed by atoms with E-state index in [-0.39, 0.29) is 5.92 Å². The molecule has 0 N–H and O–H groups in total. The number of hydrogen-bond donors (Lipinski definition) is 0. The maximum absolute atomic E-state index is 15.9. The highest BCUT2D eigenvalue weighted by Gasteiger charge is 2.47. The lowest BCUT2D eigenvalue weighted by Gasteiger charge is -2.39. The van der Waals surface area contributed by atoms with Gasteiger partial charge in [-0.15, -0.1) is 0 Å². The van der Waals surface area contributed by atoms with Crippen molar-refractivity contribution in [1.29, 1.82) is 0 Å². The summed E-state index contributed by atoms with van der Waals surface area (Å²) in [6, 6.07) is 45.4. The van der Waals surface area contributed by atoms with Gasteiger partial charge in [0.15, 0.2) is 0 Å². The monoisotopic (exact) mass is 801 g/mol. The third kappa shape index (κ3) is 7.90. The highest BCUT2D eigenvalue weighted by atomic mass is 19.1. The Hall–Kier alpha value is -5.94. The summed E-state index contributed by atoms with van der Waals surface area (Å²) in [6.45, 7) is 6.67. The fourth-order valence-electron chi connectivity index (χ4n) is 9.88. The van der Waals surface area contributed by atoms with E-state index in [1.165, 1.54) is 12.1 Å². The van der Waals surface area contributed by atoms with Crippen LogP contribution in [0.2, 0.25) is 0 Å². The van der Waals surface area contributed by atoms with Gasteiger partial charge in [-0.3, -0.25) is 0 Å². The van der Waals surface area contributed by atoms with Crippen LogP contribution in [0.15, 0.2) is 170 Å². The lowest BCUT2D eigenvalue weighted by Crippen LogP contribution is -2.35. The van der Waals surface area contributed by atoms with Crippen molar-refractivity contribution in [2.24, 2.45) is 11.8 Å². The molecular weight excluding hydrogens is 751 g/mol. The van der Waals surface area contributed by atoms with E-state index >= 15 is 8.78 Å². The van der Waals surface area contributed by atoms with E-state index in [0.717, 1.165) is 74.6 Å². The van der Waals surface area contributed by atoms with Gasteiger partial charge in [-0.25, -0.2) is 17.6 Å². The molecule has 5 heteroatoms. The molecule has 1 aliphatic rings. The van der Waals surface area contributed by atoms with Gasteiger partial charge in [-0.05, 0) is 111 Å². The molecule has 0 spiro atoms. The number of rotatable bonds is 13. The van der Waals surface area contributed by atoms with E-state index in [1.807, 2.05) is 42.5 Å². The molecule has 0 bridgehead atoms. The van der Waals surface area contributed by atoms with E-state index in [4.69, 9.17) is 0 Å². The van der Waals surface area contributed by atoms with Crippen LogP contribution in [-0.2, 0) is 30.1 Å². The molecule has 304 valence electrons. The minimum atomic E-state index is -0.751. The summed E-state index contributed by atoms with van der Waals surface area (Å²) in [4.78, 5) is 2.23. The predicted octanol–water partition coefficient (Wildman–Crippen LogP) is 14.4. The zero-order valence-corrected chi connectivity index (χ0v) is 34.7. The van der Waals surface area contributed by atoms with Crippen molar-refractivity contribution in [3.05, 3.63) is 221 Å². The van der Waals surface area contributed by atoms with Crippen molar-refractivity contribution in [3.63, 3.8) is 0 Å². The third-order valence-electron chi connectivity index (χ3n) is 12.9. The summed E-state index contributed by atoms with van der Waals surface area (Å²) in [5, 5.41) is 4.39. The first-order chi connectivity index (χ1) is 29.0. The quantitative estimate of drug-likeness (QED) is 0.105. The van der Waals surface area contributed by atoms with Crippen molar-refractivity contribution in [2.45, 2.75) is 63.7 Å². The average molecular weight is 802 g/mol. The van der Waals surface area contributed by atoms with E-state index in [2.05, 4.69) is 118 Å². The number of nitrogens with zero attached hydrogens (tertiary/aromatic N) is 1. The minimum Gasteiger partial charge on any atom is -0.347 e. The molecule has 0 radical (unpaired) electrons. The molecule has 8 rings (SSSR count). The Kier molecular flexibility index (Phi) is 11.5. The molecular formula is C55H51F4N. The maximum Gasteiger partial charge on any atom is 0.129 e. The van der Waals surface area contributed by atoms with Crippen LogP contribution >= 0.6 is 0 Å². The Labute approximate surface area is 351 Å². The number of fused-ring (bicyclic) bond motifs is 4. The topological polar surface area (TPSA) is 3.24 Å². The highest BCUT2D eigenvalue weighted by Crippen LogP contribution is 2.54. The average Bonchev–Trinajstić information content (AvgIpc) is 3.47. The van der Waals surface area contributed by atoms with Crippen LogP contribution in [0, 0.1) is 35.1 Å². The van der Waals surface area contributed by atoms with Crippen molar-refractivity contribution in [1.82, 2.24) is 0 Å². The molecule has 0 aliphatic carbocycles. The molecule has 0 saturated carbocycles. The van der Waals surface area contributed by atoms with E-state index in [1.54, 1.807) is 12.1 Å². The Bertz CT molecular complexity index is 2710. The molecule has 60 heavy (non-hydrogen) atoms. The standard InChI is InChI=1S/C55H51F4N/c1-37(2)24-28-43(54(3,35-41-25-29-44(56)32-49(41)58)48-22-12-18-39-16-8-10-20-46(39)48)19-13-23-52-55(34-38-14-6-5-7-15-38,36-42-26-30-45(57)33-50(42)59)53-47-21-11-9-17-40(47)27-31-51(53)60(52)4/h5-23,25-27,29-33,37,43H,24,28,34-36H2,1-4H3/b19-13+,52-23+. The van der Waals surface area contributed by atoms with Crippen LogP contribution in [0.25, 0.3) is 21.5 Å². The normalized spacial score (nSPS) is 17.6. The number of halogens is 4. The SMILES string of the molecule is CC(C)CCC(/C=C/C=C1/N(C)c2ccc3ccccc3c2C1(Cc1ccccc1)Cc1ccc(F)cc1F)C(C)(Cc1ccc(F)cc1F)c1cccc2ccccc12. The van der Waals surface area contributed by atoms with Crippen LogP contribution in [0.5, 0.6) is 0 Å². The van der Waals surface area contributed by atoms with Gasteiger partial charge >= 0.3 is 0 Å². The molecule has 0 aromatic heterocycles. The fraction of sp³-hybridized carbons (Fsp3) is 0.236. The second kappa shape index (κ2) is 17.0. The third-order valence-corrected chi connectivity index (χ3v) is 12.9. The number of likely N-dealkylation sites (N-methyl/N-ethyl adjacent to an activating group) is 1. The van der Waals surface area contributed by atoms with Gasteiger partial charge in [0.05, 0.1) is 0 Å². The number of hydrogen-bond acceptors (Lipinski definition) is 1. The largest absolute Gasteiger partial charge is 0.347 e. The summed E-state index contributed by atoms with van der Waals surface area (Å²) in [5.74, 6) is -1.97. The second-order valence-corrected chi connectivity index (χ2v) is 17.3. The van der Waals surface area contributed by atoms with Crippen molar-refractivity contribution >= 4 is 27.2 Å². The molecule has 1 heterocycles. The van der Waals surface area contributed by atoms with Crippen LogP contribution in [0.3, 0.4) is 0 Å². The first kappa shape index (κ1) is 40.8. The van der Waals surface area contributed by atoms with Crippen LogP contribution in [0.4, 0.5) is 23.2 Å². The van der Waals surface area contributed by atoms with E-state index < -0.39 is 34.1 Å². The zero-order chi connectivity index (χ0) is 42.0. The van der Waals surface area contributed by atoms with Gasteiger partial charge in [0.1, 0.15) is 23.3 Å².